The Bertz CT molecular complexity index is 622. The van der Waals surface area contributed by atoms with Gasteiger partial charge in [0.1, 0.15) is 5.69 Å². The van der Waals surface area contributed by atoms with Gasteiger partial charge in [0.05, 0.1) is 4.92 Å². The summed E-state index contributed by atoms with van der Waals surface area (Å²) in [6, 6.07) is 3.04. The number of hydrogen-bond donors (Lipinski definition) is 1. The summed E-state index contributed by atoms with van der Waals surface area (Å²) in [7, 11) is 0. The summed E-state index contributed by atoms with van der Waals surface area (Å²) in [5.41, 5.74) is 5.87. The highest BCUT2D eigenvalue weighted by Gasteiger charge is 2.28. The molecule has 0 amide bonds. The summed E-state index contributed by atoms with van der Waals surface area (Å²) in [5.74, 6) is 0.0615. The summed E-state index contributed by atoms with van der Waals surface area (Å²) in [6.45, 7) is 3.60. The molecule has 0 unspecified atom stereocenters. The molecule has 0 bridgehead atoms. The van der Waals surface area contributed by atoms with Crippen molar-refractivity contribution in [3.8, 4) is 5.82 Å². The van der Waals surface area contributed by atoms with Crippen molar-refractivity contribution in [3.05, 3.63) is 33.1 Å². The molecule has 0 aromatic carbocycles. The molecule has 8 nitrogen and oxygen atoms in total. The molecule has 0 saturated carbocycles. The molecule has 0 fully saturated rings. The Balaban J connectivity index is 2.62. The van der Waals surface area contributed by atoms with E-state index >= 15 is 0 Å². The fourth-order valence-corrected chi connectivity index (χ4v) is 1.71. The SMILES string of the molecule is CC(C)c1nn(-c2ccc(Cl)nn2)c(N)c1[N+](=O)[O-]. The van der Waals surface area contributed by atoms with E-state index in [9.17, 15) is 10.1 Å². The van der Waals surface area contributed by atoms with E-state index in [0.717, 1.165) is 0 Å². The second-order valence-electron chi connectivity index (χ2n) is 4.16. The van der Waals surface area contributed by atoms with Crippen molar-refractivity contribution in [2.24, 2.45) is 0 Å². The third-order valence-electron chi connectivity index (χ3n) is 2.49. The lowest BCUT2D eigenvalue weighted by atomic mass is 10.1. The maximum absolute atomic E-state index is 11.1. The van der Waals surface area contributed by atoms with Crippen LogP contribution in [0.4, 0.5) is 11.5 Å². The molecule has 9 heteroatoms. The van der Waals surface area contributed by atoms with Crippen molar-refractivity contribution < 1.29 is 4.92 Å². The topological polar surface area (TPSA) is 113 Å². The average Bonchev–Trinajstić information content (AvgIpc) is 2.68. The van der Waals surface area contributed by atoms with Crippen LogP contribution in [0.2, 0.25) is 5.15 Å². The van der Waals surface area contributed by atoms with E-state index in [1.54, 1.807) is 13.8 Å². The van der Waals surface area contributed by atoms with Crippen LogP contribution < -0.4 is 5.73 Å². The third kappa shape index (κ3) is 2.34. The first-order valence-corrected chi connectivity index (χ1v) is 5.82. The summed E-state index contributed by atoms with van der Waals surface area (Å²) in [4.78, 5) is 10.5. The van der Waals surface area contributed by atoms with Crippen molar-refractivity contribution in [1.82, 2.24) is 20.0 Å². The van der Waals surface area contributed by atoms with Gasteiger partial charge in [-0.25, -0.2) is 0 Å². The van der Waals surface area contributed by atoms with Crippen molar-refractivity contribution >= 4 is 23.1 Å². The Labute approximate surface area is 113 Å². The molecular weight excluding hydrogens is 272 g/mol. The highest BCUT2D eigenvalue weighted by molar-refractivity contribution is 6.29. The highest BCUT2D eigenvalue weighted by Crippen LogP contribution is 2.32. The maximum atomic E-state index is 11.1. The van der Waals surface area contributed by atoms with Crippen LogP contribution in [0.15, 0.2) is 12.1 Å². The number of aromatic nitrogens is 4. The van der Waals surface area contributed by atoms with Gasteiger partial charge < -0.3 is 5.73 Å². The summed E-state index contributed by atoms with van der Waals surface area (Å²) >= 11 is 5.63. The molecule has 0 saturated heterocycles. The minimum absolute atomic E-state index is 0.0784. The van der Waals surface area contributed by atoms with Crippen LogP contribution in [-0.4, -0.2) is 24.9 Å². The molecule has 2 N–H and O–H groups in total. The number of rotatable bonds is 3. The Morgan fingerprint density at radius 2 is 2.11 bits per heavy atom. The second kappa shape index (κ2) is 4.81. The Hall–Kier alpha value is -2.22. The highest BCUT2D eigenvalue weighted by atomic mass is 35.5. The first-order valence-electron chi connectivity index (χ1n) is 5.44. The standard InChI is InChI=1S/C10H11ClN6O2/c1-5(2)8-9(17(18)19)10(12)16(15-8)7-4-3-6(11)13-14-7/h3-5H,12H2,1-2H3. The first kappa shape index (κ1) is 13.2. The first-order chi connectivity index (χ1) is 8.91. The van der Waals surface area contributed by atoms with Crippen LogP contribution in [0.3, 0.4) is 0 Å². The smallest absolute Gasteiger partial charge is 0.334 e. The van der Waals surface area contributed by atoms with Gasteiger partial charge in [0.25, 0.3) is 0 Å². The molecule has 0 aliphatic heterocycles. The normalized spacial score (nSPS) is 10.9. The van der Waals surface area contributed by atoms with Gasteiger partial charge in [-0.05, 0) is 12.1 Å². The zero-order chi connectivity index (χ0) is 14.2. The van der Waals surface area contributed by atoms with Crippen molar-refractivity contribution in [2.75, 3.05) is 5.73 Å². The van der Waals surface area contributed by atoms with Crippen molar-refractivity contribution in [2.45, 2.75) is 19.8 Å². The van der Waals surface area contributed by atoms with Crippen LogP contribution in [0, 0.1) is 10.1 Å². The van der Waals surface area contributed by atoms with E-state index in [2.05, 4.69) is 15.3 Å². The minimum Gasteiger partial charge on any atom is -0.378 e. The summed E-state index contributed by atoms with van der Waals surface area (Å²) < 4.78 is 1.19. The molecule has 2 heterocycles. The summed E-state index contributed by atoms with van der Waals surface area (Å²) in [5, 5.41) is 22.9. The van der Waals surface area contributed by atoms with Crippen LogP contribution in [-0.2, 0) is 0 Å². The van der Waals surface area contributed by atoms with Gasteiger partial charge in [0, 0.05) is 5.92 Å². The van der Waals surface area contributed by atoms with Crippen LogP contribution in [0.1, 0.15) is 25.5 Å². The zero-order valence-electron chi connectivity index (χ0n) is 10.2. The van der Waals surface area contributed by atoms with Crippen LogP contribution in [0.25, 0.3) is 5.82 Å². The quantitative estimate of drug-likeness (QED) is 0.680. The van der Waals surface area contributed by atoms with E-state index in [4.69, 9.17) is 17.3 Å². The zero-order valence-corrected chi connectivity index (χ0v) is 11.0. The third-order valence-corrected chi connectivity index (χ3v) is 2.69. The van der Waals surface area contributed by atoms with E-state index in [0.29, 0.717) is 5.69 Å². The van der Waals surface area contributed by atoms with Gasteiger partial charge in [-0.2, -0.15) is 9.78 Å². The second-order valence-corrected chi connectivity index (χ2v) is 4.54. The lowest BCUT2D eigenvalue weighted by molar-refractivity contribution is -0.384. The van der Waals surface area contributed by atoms with Gasteiger partial charge in [-0.3, -0.25) is 10.1 Å². The number of anilines is 1. The Morgan fingerprint density at radius 3 is 2.53 bits per heavy atom. The van der Waals surface area contributed by atoms with Gasteiger partial charge in [-0.1, -0.05) is 25.4 Å². The number of nitrogen functional groups attached to an aromatic ring is 1. The predicted molar refractivity (Wildman–Crippen MR) is 69.3 cm³/mol. The van der Waals surface area contributed by atoms with Gasteiger partial charge in [0.15, 0.2) is 11.0 Å². The number of nitrogens with two attached hydrogens (primary N) is 1. The molecule has 100 valence electrons. The van der Waals surface area contributed by atoms with Gasteiger partial charge in [0.2, 0.25) is 5.82 Å². The van der Waals surface area contributed by atoms with Gasteiger partial charge >= 0.3 is 5.69 Å². The molecule has 19 heavy (non-hydrogen) atoms. The fraction of sp³-hybridized carbons (Fsp3) is 0.300. The largest absolute Gasteiger partial charge is 0.378 e. The van der Waals surface area contributed by atoms with E-state index < -0.39 is 4.92 Å². The molecule has 0 aliphatic rings. The summed E-state index contributed by atoms with van der Waals surface area (Å²) in [6.07, 6.45) is 0. The molecule has 0 radical (unpaired) electrons. The van der Waals surface area contributed by atoms with E-state index in [1.807, 2.05) is 0 Å². The molecule has 2 rings (SSSR count). The molecule has 0 atom stereocenters. The number of nitro groups is 1. The molecule has 0 aliphatic carbocycles. The predicted octanol–water partition coefficient (Wildman–Crippen LogP) is 1.93. The lowest BCUT2D eigenvalue weighted by Crippen LogP contribution is -2.05. The van der Waals surface area contributed by atoms with Crippen LogP contribution >= 0.6 is 11.6 Å². The van der Waals surface area contributed by atoms with Gasteiger partial charge in [-0.15, -0.1) is 10.2 Å². The number of halogens is 1. The maximum Gasteiger partial charge on any atom is 0.334 e. The Morgan fingerprint density at radius 1 is 1.42 bits per heavy atom. The van der Waals surface area contributed by atoms with E-state index in [1.165, 1.54) is 16.8 Å². The monoisotopic (exact) mass is 282 g/mol. The molecule has 0 spiro atoms. The molecule has 2 aromatic rings. The average molecular weight is 283 g/mol. The molecular formula is C10H11ClN6O2. The fourth-order valence-electron chi connectivity index (χ4n) is 1.61. The lowest BCUT2D eigenvalue weighted by Gasteiger charge is -2.00. The Kier molecular flexibility index (Phi) is 3.34. The van der Waals surface area contributed by atoms with Crippen LogP contribution in [0.5, 0.6) is 0 Å². The minimum atomic E-state index is -0.544. The number of nitrogens with zero attached hydrogens (tertiary/aromatic N) is 5. The molecule has 2 aromatic heterocycles. The van der Waals surface area contributed by atoms with Crippen molar-refractivity contribution in [3.63, 3.8) is 0 Å². The van der Waals surface area contributed by atoms with E-state index in [-0.39, 0.29) is 28.4 Å². The van der Waals surface area contributed by atoms with Crippen molar-refractivity contribution in [1.29, 1.82) is 0 Å². The number of hydrogen-bond acceptors (Lipinski definition) is 6.